The Morgan fingerprint density at radius 2 is 1.75 bits per heavy atom. The van der Waals surface area contributed by atoms with Gasteiger partial charge in [-0.05, 0) is 57.5 Å². The molecule has 0 unspecified atom stereocenters. The Morgan fingerprint density at radius 1 is 1.17 bits per heavy atom. The van der Waals surface area contributed by atoms with Crippen molar-refractivity contribution in [3.63, 3.8) is 0 Å². The molecular formula is C20H25BrN2O. The van der Waals surface area contributed by atoms with Crippen molar-refractivity contribution in [2.24, 2.45) is 0 Å². The molecule has 1 N–H and O–H groups in total. The van der Waals surface area contributed by atoms with E-state index in [0.29, 0.717) is 6.54 Å². The number of halogens is 1. The maximum Gasteiger partial charge on any atom is 0.241 e. The summed E-state index contributed by atoms with van der Waals surface area (Å²) in [5.41, 5.74) is 5.50. The van der Waals surface area contributed by atoms with E-state index in [1.165, 1.54) is 11.1 Å². The second-order valence-corrected chi connectivity index (χ2v) is 7.30. The van der Waals surface area contributed by atoms with Crippen LogP contribution >= 0.6 is 15.9 Å². The fraction of sp³-hybridized carbons (Fsp3) is 0.350. The standard InChI is InChI=1S/C20H25BrN2O/c1-13-10-14(2)19(15(3)11-13)22-20(24)16(4)23(5)12-17-8-6-7-9-18(17)21/h6-11,16H,12H2,1-5H3,(H,22,24)/t16-/m1/s1. The van der Waals surface area contributed by atoms with Gasteiger partial charge in [0.25, 0.3) is 0 Å². The van der Waals surface area contributed by atoms with Crippen LogP contribution in [0, 0.1) is 20.8 Å². The molecule has 0 saturated carbocycles. The molecule has 24 heavy (non-hydrogen) atoms. The third-order valence-electron chi connectivity index (χ3n) is 4.34. The average Bonchev–Trinajstić information content (AvgIpc) is 2.52. The van der Waals surface area contributed by atoms with Gasteiger partial charge in [0.1, 0.15) is 0 Å². The molecule has 2 aromatic rings. The van der Waals surface area contributed by atoms with Crippen molar-refractivity contribution in [1.29, 1.82) is 0 Å². The fourth-order valence-corrected chi connectivity index (χ4v) is 3.25. The minimum absolute atomic E-state index is 0.0135. The molecule has 0 spiro atoms. The van der Waals surface area contributed by atoms with Crippen molar-refractivity contribution < 1.29 is 4.79 Å². The summed E-state index contributed by atoms with van der Waals surface area (Å²) in [6.45, 7) is 8.78. The van der Waals surface area contributed by atoms with Crippen LogP contribution in [0.2, 0.25) is 0 Å². The molecule has 0 aromatic heterocycles. The lowest BCUT2D eigenvalue weighted by Crippen LogP contribution is -2.39. The van der Waals surface area contributed by atoms with Gasteiger partial charge in [0.05, 0.1) is 6.04 Å². The van der Waals surface area contributed by atoms with Gasteiger partial charge < -0.3 is 5.32 Å². The Hall–Kier alpha value is -1.65. The van der Waals surface area contributed by atoms with Gasteiger partial charge in [-0.25, -0.2) is 0 Å². The summed E-state index contributed by atoms with van der Waals surface area (Å²) < 4.78 is 1.06. The van der Waals surface area contributed by atoms with Crippen molar-refractivity contribution in [3.05, 3.63) is 63.1 Å². The van der Waals surface area contributed by atoms with Crippen molar-refractivity contribution in [2.45, 2.75) is 40.3 Å². The molecule has 1 atom stereocenters. The molecular weight excluding hydrogens is 364 g/mol. The van der Waals surface area contributed by atoms with Gasteiger partial charge in [-0.1, -0.05) is 51.8 Å². The molecule has 4 heteroatoms. The van der Waals surface area contributed by atoms with Crippen LogP contribution in [0.15, 0.2) is 40.9 Å². The van der Waals surface area contributed by atoms with Gasteiger partial charge in [-0.2, -0.15) is 0 Å². The highest BCUT2D eigenvalue weighted by molar-refractivity contribution is 9.10. The van der Waals surface area contributed by atoms with Crippen LogP contribution in [0.1, 0.15) is 29.2 Å². The highest BCUT2D eigenvalue weighted by Crippen LogP contribution is 2.23. The van der Waals surface area contributed by atoms with E-state index in [1.54, 1.807) is 0 Å². The number of nitrogens with zero attached hydrogens (tertiary/aromatic N) is 1. The van der Waals surface area contributed by atoms with E-state index in [1.807, 2.05) is 50.9 Å². The summed E-state index contributed by atoms with van der Waals surface area (Å²) in [4.78, 5) is 14.7. The lowest BCUT2D eigenvalue weighted by Gasteiger charge is -2.25. The Morgan fingerprint density at radius 3 is 2.33 bits per heavy atom. The third-order valence-corrected chi connectivity index (χ3v) is 5.12. The van der Waals surface area contributed by atoms with Crippen molar-refractivity contribution >= 4 is 27.5 Å². The molecule has 0 saturated heterocycles. The normalized spacial score (nSPS) is 12.3. The summed E-state index contributed by atoms with van der Waals surface area (Å²) in [5.74, 6) is 0.0135. The number of carbonyl (C=O) groups excluding carboxylic acids is 1. The number of rotatable bonds is 5. The van der Waals surface area contributed by atoms with E-state index in [-0.39, 0.29) is 11.9 Å². The molecule has 1 amide bonds. The van der Waals surface area contributed by atoms with Crippen molar-refractivity contribution in [2.75, 3.05) is 12.4 Å². The predicted molar refractivity (Wildman–Crippen MR) is 104 cm³/mol. The molecule has 2 aromatic carbocycles. The predicted octanol–water partition coefficient (Wildman–Crippen LogP) is 4.83. The van der Waals surface area contributed by atoms with E-state index in [4.69, 9.17) is 0 Å². The average molecular weight is 389 g/mol. The number of aryl methyl sites for hydroxylation is 3. The number of amides is 1. The number of nitrogens with one attached hydrogen (secondary N) is 1. The van der Waals surface area contributed by atoms with Gasteiger partial charge in [-0.3, -0.25) is 9.69 Å². The van der Waals surface area contributed by atoms with Crippen LogP contribution in [0.25, 0.3) is 0 Å². The lowest BCUT2D eigenvalue weighted by atomic mass is 10.0. The smallest absolute Gasteiger partial charge is 0.241 e. The molecule has 0 aliphatic rings. The number of likely N-dealkylation sites (N-methyl/N-ethyl adjacent to an activating group) is 1. The van der Waals surface area contributed by atoms with E-state index < -0.39 is 0 Å². The minimum atomic E-state index is -0.225. The summed E-state index contributed by atoms with van der Waals surface area (Å²) in [6, 6.07) is 12.1. The number of hydrogen-bond acceptors (Lipinski definition) is 2. The third kappa shape index (κ3) is 4.46. The summed E-state index contributed by atoms with van der Waals surface area (Å²) in [7, 11) is 1.97. The highest BCUT2D eigenvalue weighted by atomic mass is 79.9. The summed E-state index contributed by atoms with van der Waals surface area (Å²) in [6.07, 6.45) is 0. The quantitative estimate of drug-likeness (QED) is 0.794. The monoisotopic (exact) mass is 388 g/mol. The molecule has 0 fully saturated rings. The maximum atomic E-state index is 12.7. The highest BCUT2D eigenvalue weighted by Gasteiger charge is 2.20. The Balaban J connectivity index is 2.08. The first-order chi connectivity index (χ1) is 11.3. The zero-order valence-electron chi connectivity index (χ0n) is 15.0. The van der Waals surface area contributed by atoms with E-state index in [0.717, 1.165) is 21.3 Å². The second-order valence-electron chi connectivity index (χ2n) is 6.45. The van der Waals surface area contributed by atoms with Gasteiger partial charge in [0.15, 0.2) is 0 Å². The summed E-state index contributed by atoms with van der Waals surface area (Å²) >= 11 is 3.56. The van der Waals surface area contributed by atoms with Crippen LogP contribution in [0.4, 0.5) is 5.69 Å². The van der Waals surface area contributed by atoms with Crippen LogP contribution in [-0.4, -0.2) is 23.9 Å². The molecule has 0 bridgehead atoms. The molecule has 0 aliphatic heterocycles. The Kier molecular flexibility index (Phi) is 6.19. The molecule has 2 rings (SSSR count). The molecule has 3 nitrogen and oxygen atoms in total. The number of carbonyl (C=O) groups is 1. The van der Waals surface area contributed by atoms with E-state index in [2.05, 4.69) is 46.4 Å². The second kappa shape index (κ2) is 7.95. The van der Waals surface area contributed by atoms with E-state index in [9.17, 15) is 4.79 Å². The van der Waals surface area contributed by atoms with Crippen molar-refractivity contribution in [3.8, 4) is 0 Å². The van der Waals surface area contributed by atoms with Gasteiger partial charge in [-0.15, -0.1) is 0 Å². The molecule has 0 heterocycles. The molecule has 0 aliphatic carbocycles. The fourth-order valence-electron chi connectivity index (χ4n) is 2.84. The zero-order valence-corrected chi connectivity index (χ0v) is 16.6. The number of benzene rings is 2. The van der Waals surface area contributed by atoms with E-state index >= 15 is 0 Å². The van der Waals surface area contributed by atoms with Crippen molar-refractivity contribution in [1.82, 2.24) is 4.90 Å². The Labute approximate surface area is 153 Å². The largest absolute Gasteiger partial charge is 0.324 e. The van der Waals surface area contributed by atoms with Crippen LogP contribution in [0.5, 0.6) is 0 Å². The molecule has 0 radical (unpaired) electrons. The SMILES string of the molecule is Cc1cc(C)c(NC(=O)[C@@H](C)N(C)Cc2ccccc2Br)c(C)c1. The Bertz CT molecular complexity index is 719. The first-order valence-electron chi connectivity index (χ1n) is 8.12. The van der Waals surface area contributed by atoms with Crippen LogP contribution in [0.3, 0.4) is 0 Å². The van der Waals surface area contributed by atoms with Crippen LogP contribution < -0.4 is 5.32 Å². The zero-order chi connectivity index (χ0) is 17.9. The van der Waals surface area contributed by atoms with Gasteiger partial charge >= 0.3 is 0 Å². The maximum absolute atomic E-state index is 12.7. The summed E-state index contributed by atoms with van der Waals surface area (Å²) in [5, 5.41) is 3.09. The van der Waals surface area contributed by atoms with Crippen LogP contribution in [-0.2, 0) is 11.3 Å². The van der Waals surface area contributed by atoms with Gasteiger partial charge in [0.2, 0.25) is 5.91 Å². The number of anilines is 1. The minimum Gasteiger partial charge on any atom is -0.324 e. The lowest BCUT2D eigenvalue weighted by molar-refractivity contribution is -0.120. The first-order valence-corrected chi connectivity index (χ1v) is 8.91. The molecule has 128 valence electrons. The first kappa shape index (κ1) is 18.7. The number of hydrogen-bond donors (Lipinski definition) is 1. The van der Waals surface area contributed by atoms with Gasteiger partial charge in [0, 0.05) is 16.7 Å². The topological polar surface area (TPSA) is 32.3 Å².